The molecule has 3 nitrogen and oxygen atoms in total. The molecule has 0 aliphatic carbocycles. The first kappa shape index (κ1) is 13.0. The van der Waals surface area contributed by atoms with Crippen molar-refractivity contribution in [3.05, 3.63) is 35.9 Å². The summed E-state index contributed by atoms with van der Waals surface area (Å²) in [6, 6.07) is 3.53. The Bertz CT molecular complexity index is 477. The highest BCUT2D eigenvalue weighted by atomic mass is 16.5. The molecule has 1 aromatic rings. The molecule has 0 aromatic heterocycles. The van der Waals surface area contributed by atoms with Gasteiger partial charge in [-0.2, -0.15) is 0 Å². The number of phenolic OH excluding ortho intramolecular Hbond substituents is 1. The highest BCUT2D eigenvalue weighted by Gasteiger charge is 2.36. The average Bonchev–Trinajstić information content (AvgIpc) is 2.37. The van der Waals surface area contributed by atoms with Crippen molar-refractivity contribution >= 4 is 0 Å². The quantitative estimate of drug-likeness (QED) is 0.751. The van der Waals surface area contributed by atoms with Crippen molar-refractivity contribution in [2.45, 2.75) is 44.8 Å². The predicted molar refractivity (Wildman–Crippen MR) is 71.1 cm³/mol. The van der Waals surface area contributed by atoms with Crippen LogP contribution in [0.4, 0.5) is 0 Å². The zero-order chi connectivity index (χ0) is 13.5. The number of aryl methyl sites for hydroxylation is 1. The van der Waals surface area contributed by atoms with E-state index in [4.69, 9.17) is 4.74 Å². The predicted octanol–water partition coefficient (Wildman–Crippen LogP) is 2.89. The van der Waals surface area contributed by atoms with E-state index in [2.05, 4.69) is 6.58 Å². The normalized spacial score (nSPS) is 25.8. The maximum absolute atomic E-state index is 10.2. The molecule has 2 atom stereocenters. The molecule has 2 N–H and O–H groups in total. The third-order valence-corrected chi connectivity index (χ3v) is 3.67. The van der Waals surface area contributed by atoms with E-state index in [-0.39, 0.29) is 11.7 Å². The molecule has 1 heterocycles. The second-order valence-electron chi connectivity index (χ2n) is 5.48. The van der Waals surface area contributed by atoms with Crippen molar-refractivity contribution in [1.29, 1.82) is 0 Å². The van der Waals surface area contributed by atoms with E-state index in [1.165, 1.54) is 0 Å². The fourth-order valence-corrected chi connectivity index (χ4v) is 2.29. The molecule has 0 saturated carbocycles. The van der Waals surface area contributed by atoms with Gasteiger partial charge in [-0.25, -0.2) is 0 Å². The maximum atomic E-state index is 10.2. The van der Waals surface area contributed by atoms with Crippen LogP contribution in [0.3, 0.4) is 0 Å². The smallest absolute Gasteiger partial charge is 0.129 e. The Morgan fingerprint density at radius 2 is 2.11 bits per heavy atom. The fourth-order valence-electron chi connectivity index (χ4n) is 2.29. The molecular weight excluding hydrogens is 228 g/mol. The molecule has 1 aromatic carbocycles. The fraction of sp³-hybridized carbons (Fsp3) is 0.467. The Morgan fingerprint density at radius 3 is 2.72 bits per heavy atom. The molecule has 0 amide bonds. The summed E-state index contributed by atoms with van der Waals surface area (Å²) in [5, 5.41) is 20.0. The standard InChI is InChI=1S/C15H20O3/c1-5-10-7-14(17)15(3,4)18-13-6-9(2)12(16)8-11(10)13/h5-6,8,10,14,16-17H,1,7H2,2-4H3. The van der Waals surface area contributed by atoms with E-state index in [1.54, 1.807) is 12.1 Å². The molecule has 1 aliphatic rings. The number of allylic oxidation sites excluding steroid dienone is 1. The molecule has 3 heteroatoms. The van der Waals surface area contributed by atoms with Crippen LogP contribution < -0.4 is 4.74 Å². The summed E-state index contributed by atoms with van der Waals surface area (Å²) < 4.78 is 5.92. The van der Waals surface area contributed by atoms with Gasteiger partial charge < -0.3 is 14.9 Å². The van der Waals surface area contributed by atoms with Gasteiger partial charge in [-0.15, -0.1) is 6.58 Å². The van der Waals surface area contributed by atoms with Gasteiger partial charge in [0.15, 0.2) is 0 Å². The lowest BCUT2D eigenvalue weighted by Gasteiger charge is -2.29. The Kier molecular flexibility index (Phi) is 3.11. The SMILES string of the molecule is C=CC1CC(O)C(C)(C)Oc2cc(C)c(O)cc21. The van der Waals surface area contributed by atoms with Gasteiger partial charge in [0, 0.05) is 11.5 Å². The lowest BCUT2D eigenvalue weighted by molar-refractivity contribution is -0.0273. The van der Waals surface area contributed by atoms with Gasteiger partial charge in [-0.05, 0) is 44.9 Å². The third-order valence-electron chi connectivity index (χ3n) is 3.67. The lowest BCUT2D eigenvalue weighted by Crippen LogP contribution is -2.41. The maximum Gasteiger partial charge on any atom is 0.129 e. The van der Waals surface area contributed by atoms with Gasteiger partial charge in [0.05, 0.1) is 6.10 Å². The van der Waals surface area contributed by atoms with E-state index in [0.29, 0.717) is 6.42 Å². The summed E-state index contributed by atoms with van der Waals surface area (Å²) in [6.45, 7) is 9.38. The number of rotatable bonds is 1. The first-order chi connectivity index (χ1) is 8.35. The van der Waals surface area contributed by atoms with Crippen LogP contribution >= 0.6 is 0 Å². The zero-order valence-electron chi connectivity index (χ0n) is 11.1. The minimum absolute atomic E-state index is 0.0109. The molecule has 0 bridgehead atoms. The Hall–Kier alpha value is -1.48. The van der Waals surface area contributed by atoms with Crippen molar-refractivity contribution in [3.8, 4) is 11.5 Å². The Morgan fingerprint density at radius 1 is 1.44 bits per heavy atom. The minimum Gasteiger partial charge on any atom is -0.508 e. The van der Waals surface area contributed by atoms with Gasteiger partial charge in [-0.3, -0.25) is 0 Å². The third kappa shape index (κ3) is 2.10. The first-order valence-corrected chi connectivity index (χ1v) is 6.18. The summed E-state index contributed by atoms with van der Waals surface area (Å²) in [6.07, 6.45) is 1.77. The van der Waals surface area contributed by atoms with Crippen LogP contribution in [0.5, 0.6) is 11.5 Å². The molecule has 0 fully saturated rings. The van der Waals surface area contributed by atoms with Crippen LogP contribution in [0, 0.1) is 6.92 Å². The van der Waals surface area contributed by atoms with Crippen molar-refractivity contribution in [2.75, 3.05) is 0 Å². The van der Waals surface area contributed by atoms with Crippen LogP contribution in [0.1, 0.15) is 37.3 Å². The highest BCUT2D eigenvalue weighted by Crippen LogP contribution is 2.41. The highest BCUT2D eigenvalue weighted by molar-refractivity contribution is 5.49. The zero-order valence-corrected chi connectivity index (χ0v) is 11.1. The van der Waals surface area contributed by atoms with Crippen LogP contribution in [-0.2, 0) is 0 Å². The number of fused-ring (bicyclic) bond motifs is 1. The van der Waals surface area contributed by atoms with Crippen LogP contribution in [0.25, 0.3) is 0 Å². The van der Waals surface area contributed by atoms with Gasteiger partial charge >= 0.3 is 0 Å². The molecule has 0 saturated heterocycles. The number of hydrogen-bond acceptors (Lipinski definition) is 3. The minimum atomic E-state index is -0.643. The number of phenols is 1. The van der Waals surface area contributed by atoms with Crippen LogP contribution in [0.15, 0.2) is 24.8 Å². The lowest BCUT2D eigenvalue weighted by atomic mass is 9.88. The second-order valence-corrected chi connectivity index (χ2v) is 5.48. The molecule has 2 rings (SSSR count). The van der Waals surface area contributed by atoms with E-state index in [0.717, 1.165) is 16.9 Å². The van der Waals surface area contributed by atoms with Crippen molar-refractivity contribution in [3.63, 3.8) is 0 Å². The van der Waals surface area contributed by atoms with Crippen LogP contribution in [0.2, 0.25) is 0 Å². The summed E-state index contributed by atoms with van der Waals surface area (Å²) in [5.41, 5.74) is 1.01. The van der Waals surface area contributed by atoms with E-state index in [1.807, 2.05) is 26.8 Å². The average molecular weight is 248 g/mol. The second kappa shape index (κ2) is 4.32. The van der Waals surface area contributed by atoms with Gasteiger partial charge in [-0.1, -0.05) is 6.08 Å². The van der Waals surface area contributed by atoms with Gasteiger partial charge in [0.2, 0.25) is 0 Å². The largest absolute Gasteiger partial charge is 0.508 e. The van der Waals surface area contributed by atoms with Crippen LogP contribution in [-0.4, -0.2) is 21.9 Å². The number of ether oxygens (including phenoxy) is 1. The number of aromatic hydroxyl groups is 1. The molecule has 1 aliphatic heterocycles. The Labute approximate surface area is 108 Å². The number of aliphatic hydroxyl groups excluding tert-OH is 1. The van der Waals surface area contributed by atoms with E-state index in [9.17, 15) is 10.2 Å². The van der Waals surface area contributed by atoms with Gasteiger partial charge in [0.1, 0.15) is 17.1 Å². The Balaban J connectivity index is 2.57. The summed E-state index contributed by atoms with van der Waals surface area (Å²) in [5.74, 6) is 0.957. The first-order valence-electron chi connectivity index (χ1n) is 6.18. The monoisotopic (exact) mass is 248 g/mol. The van der Waals surface area contributed by atoms with Crippen molar-refractivity contribution in [2.24, 2.45) is 0 Å². The molecule has 2 unspecified atom stereocenters. The molecule has 0 radical (unpaired) electrons. The van der Waals surface area contributed by atoms with E-state index >= 15 is 0 Å². The van der Waals surface area contributed by atoms with Crippen molar-refractivity contribution < 1.29 is 14.9 Å². The molecule has 0 spiro atoms. The molecule has 18 heavy (non-hydrogen) atoms. The van der Waals surface area contributed by atoms with Gasteiger partial charge in [0.25, 0.3) is 0 Å². The number of aliphatic hydroxyl groups is 1. The summed E-state index contributed by atoms with van der Waals surface area (Å²) >= 11 is 0. The summed E-state index contributed by atoms with van der Waals surface area (Å²) in [4.78, 5) is 0. The van der Waals surface area contributed by atoms with E-state index < -0.39 is 11.7 Å². The topological polar surface area (TPSA) is 49.7 Å². The molecule has 98 valence electrons. The number of hydrogen-bond donors (Lipinski definition) is 2. The van der Waals surface area contributed by atoms with Crippen molar-refractivity contribution in [1.82, 2.24) is 0 Å². The summed E-state index contributed by atoms with van der Waals surface area (Å²) in [7, 11) is 0. The molecular formula is C15H20O3. The number of benzene rings is 1.